The number of hydrogen-bond donors (Lipinski definition) is 1. The van der Waals surface area contributed by atoms with E-state index < -0.39 is 5.82 Å². The Bertz CT molecular complexity index is 557. The molecule has 0 aromatic heterocycles. The Morgan fingerprint density at radius 2 is 2.05 bits per heavy atom. The van der Waals surface area contributed by atoms with Crippen molar-refractivity contribution in [2.24, 2.45) is 5.92 Å². The third kappa shape index (κ3) is 4.29. The van der Waals surface area contributed by atoms with Gasteiger partial charge < -0.3 is 10.2 Å². The van der Waals surface area contributed by atoms with Crippen molar-refractivity contribution in [2.75, 3.05) is 18.4 Å². The number of rotatable bonds is 4. The van der Waals surface area contributed by atoms with Crippen molar-refractivity contribution in [2.45, 2.75) is 32.6 Å². The molecule has 1 aliphatic heterocycles. The Morgan fingerprint density at radius 1 is 1.36 bits per heavy atom. The first-order valence-electron chi connectivity index (χ1n) is 7.55. The predicted molar refractivity (Wildman–Crippen MR) is 86.9 cm³/mol. The summed E-state index contributed by atoms with van der Waals surface area (Å²) in [5.41, 5.74) is 0.192. The lowest BCUT2D eigenvalue weighted by molar-refractivity contribution is -0.134. The maximum atomic E-state index is 13.7. The highest BCUT2D eigenvalue weighted by molar-refractivity contribution is 9.10. The molecule has 0 unspecified atom stereocenters. The van der Waals surface area contributed by atoms with Gasteiger partial charge in [-0.1, -0.05) is 22.9 Å². The van der Waals surface area contributed by atoms with Crippen LogP contribution < -0.4 is 5.32 Å². The van der Waals surface area contributed by atoms with Gasteiger partial charge in [0.2, 0.25) is 11.8 Å². The van der Waals surface area contributed by atoms with E-state index in [4.69, 9.17) is 0 Å². The molecular weight excluding hydrogens is 351 g/mol. The molecule has 0 saturated carbocycles. The van der Waals surface area contributed by atoms with Crippen LogP contribution in [-0.2, 0) is 9.59 Å². The Morgan fingerprint density at radius 3 is 2.64 bits per heavy atom. The highest BCUT2D eigenvalue weighted by Gasteiger charge is 2.27. The number of anilines is 1. The quantitative estimate of drug-likeness (QED) is 0.880. The zero-order chi connectivity index (χ0) is 16.1. The van der Waals surface area contributed by atoms with E-state index in [1.165, 1.54) is 12.1 Å². The van der Waals surface area contributed by atoms with Gasteiger partial charge in [0, 0.05) is 29.9 Å². The molecule has 1 saturated heterocycles. The minimum atomic E-state index is -0.460. The van der Waals surface area contributed by atoms with Crippen molar-refractivity contribution in [3.8, 4) is 0 Å². The van der Waals surface area contributed by atoms with Crippen LogP contribution in [0.1, 0.15) is 32.6 Å². The zero-order valence-electron chi connectivity index (χ0n) is 12.6. The molecule has 1 aromatic rings. The molecule has 1 fully saturated rings. The SMILES string of the molecule is CCCC(=O)N1CCC(C(=O)Nc2ccc(Br)cc2F)CC1. The summed E-state index contributed by atoms with van der Waals surface area (Å²) >= 11 is 3.18. The molecule has 4 nitrogen and oxygen atoms in total. The molecule has 6 heteroatoms. The third-order valence-corrected chi connectivity index (χ3v) is 4.36. The smallest absolute Gasteiger partial charge is 0.227 e. The number of amides is 2. The summed E-state index contributed by atoms with van der Waals surface area (Å²) in [6.45, 7) is 3.17. The number of piperidine rings is 1. The molecule has 1 aliphatic rings. The Labute approximate surface area is 138 Å². The first-order chi connectivity index (χ1) is 10.5. The number of halogens is 2. The Hall–Kier alpha value is -1.43. The second-order valence-corrected chi connectivity index (χ2v) is 6.43. The van der Waals surface area contributed by atoms with Crippen molar-refractivity contribution >= 4 is 33.4 Å². The first kappa shape index (κ1) is 16.9. The largest absolute Gasteiger partial charge is 0.343 e. The van der Waals surface area contributed by atoms with Crippen molar-refractivity contribution < 1.29 is 14.0 Å². The van der Waals surface area contributed by atoms with Crippen molar-refractivity contribution in [1.29, 1.82) is 0 Å². The first-order valence-corrected chi connectivity index (χ1v) is 8.34. The van der Waals surface area contributed by atoms with E-state index >= 15 is 0 Å². The van der Waals surface area contributed by atoms with Crippen LogP contribution in [0.25, 0.3) is 0 Å². The fraction of sp³-hybridized carbons (Fsp3) is 0.500. The minimum absolute atomic E-state index is 0.153. The minimum Gasteiger partial charge on any atom is -0.343 e. The summed E-state index contributed by atoms with van der Waals surface area (Å²) in [6, 6.07) is 4.55. The van der Waals surface area contributed by atoms with Crippen LogP contribution in [0.15, 0.2) is 22.7 Å². The number of carbonyl (C=O) groups is 2. The monoisotopic (exact) mass is 370 g/mol. The van der Waals surface area contributed by atoms with E-state index in [2.05, 4.69) is 21.2 Å². The van der Waals surface area contributed by atoms with Crippen LogP contribution in [0.4, 0.5) is 10.1 Å². The zero-order valence-corrected chi connectivity index (χ0v) is 14.2. The van der Waals surface area contributed by atoms with Crippen LogP contribution in [0.2, 0.25) is 0 Å². The average molecular weight is 371 g/mol. The standard InChI is InChI=1S/C16H20BrFN2O2/c1-2-3-15(21)20-8-6-11(7-9-20)16(22)19-14-5-4-12(17)10-13(14)18/h4-5,10-11H,2-3,6-9H2,1H3,(H,19,22). The van der Waals surface area contributed by atoms with Gasteiger partial charge in [-0.05, 0) is 37.5 Å². The van der Waals surface area contributed by atoms with E-state index in [1.54, 1.807) is 6.07 Å². The van der Waals surface area contributed by atoms with E-state index in [9.17, 15) is 14.0 Å². The molecule has 0 aliphatic carbocycles. The van der Waals surface area contributed by atoms with Gasteiger partial charge in [-0.2, -0.15) is 0 Å². The summed E-state index contributed by atoms with van der Waals surface area (Å²) in [4.78, 5) is 25.8. The van der Waals surface area contributed by atoms with Gasteiger partial charge in [-0.15, -0.1) is 0 Å². The van der Waals surface area contributed by atoms with Crippen molar-refractivity contribution in [1.82, 2.24) is 4.90 Å². The van der Waals surface area contributed by atoms with Gasteiger partial charge >= 0.3 is 0 Å². The fourth-order valence-electron chi connectivity index (χ4n) is 2.59. The molecule has 120 valence electrons. The summed E-state index contributed by atoms with van der Waals surface area (Å²) in [7, 11) is 0. The molecule has 2 rings (SSSR count). The second kappa shape index (κ2) is 7.72. The van der Waals surface area contributed by atoms with E-state index in [0.29, 0.717) is 36.8 Å². The molecule has 1 heterocycles. The lowest BCUT2D eigenvalue weighted by Gasteiger charge is -2.31. The number of benzene rings is 1. The second-order valence-electron chi connectivity index (χ2n) is 5.52. The average Bonchev–Trinajstić information content (AvgIpc) is 2.50. The maximum absolute atomic E-state index is 13.7. The van der Waals surface area contributed by atoms with Gasteiger partial charge in [0.15, 0.2) is 0 Å². The van der Waals surface area contributed by atoms with Crippen LogP contribution >= 0.6 is 15.9 Å². The number of nitrogens with one attached hydrogen (secondary N) is 1. The normalized spacial score (nSPS) is 15.7. The number of nitrogens with zero attached hydrogens (tertiary/aromatic N) is 1. The molecule has 0 spiro atoms. The van der Waals surface area contributed by atoms with Crippen molar-refractivity contribution in [3.63, 3.8) is 0 Å². The lowest BCUT2D eigenvalue weighted by Crippen LogP contribution is -2.41. The summed E-state index contributed by atoms with van der Waals surface area (Å²) in [5, 5.41) is 2.64. The van der Waals surface area contributed by atoms with E-state index in [0.717, 1.165) is 6.42 Å². The molecule has 0 radical (unpaired) electrons. The molecule has 1 aromatic carbocycles. The van der Waals surface area contributed by atoms with Crippen molar-refractivity contribution in [3.05, 3.63) is 28.5 Å². The predicted octanol–water partition coefficient (Wildman–Crippen LogP) is 3.57. The van der Waals surface area contributed by atoms with Crippen LogP contribution in [0.3, 0.4) is 0 Å². The molecule has 0 bridgehead atoms. The summed E-state index contributed by atoms with van der Waals surface area (Å²) in [6.07, 6.45) is 2.64. The Kier molecular flexibility index (Phi) is 5.94. The van der Waals surface area contributed by atoms with Gasteiger partial charge in [0.25, 0.3) is 0 Å². The number of carbonyl (C=O) groups excluding carboxylic acids is 2. The van der Waals surface area contributed by atoms with Crippen LogP contribution in [0, 0.1) is 11.7 Å². The molecular formula is C16H20BrFN2O2. The topological polar surface area (TPSA) is 49.4 Å². The maximum Gasteiger partial charge on any atom is 0.227 e. The fourth-order valence-corrected chi connectivity index (χ4v) is 2.92. The molecule has 0 atom stereocenters. The summed E-state index contributed by atoms with van der Waals surface area (Å²) < 4.78 is 14.4. The van der Waals surface area contributed by atoms with E-state index in [1.807, 2.05) is 11.8 Å². The van der Waals surface area contributed by atoms with Gasteiger partial charge in [-0.25, -0.2) is 4.39 Å². The number of hydrogen-bond acceptors (Lipinski definition) is 2. The van der Waals surface area contributed by atoms with E-state index in [-0.39, 0.29) is 23.4 Å². The van der Waals surface area contributed by atoms with Gasteiger partial charge in [0.1, 0.15) is 5.82 Å². The molecule has 22 heavy (non-hydrogen) atoms. The highest BCUT2D eigenvalue weighted by Crippen LogP contribution is 2.23. The third-order valence-electron chi connectivity index (χ3n) is 3.87. The Balaban J connectivity index is 1.88. The lowest BCUT2D eigenvalue weighted by atomic mass is 9.95. The number of likely N-dealkylation sites (tertiary alicyclic amines) is 1. The molecule has 2 amide bonds. The van der Waals surface area contributed by atoms with Gasteiger partial charge in [-0.3, -0.25) is 9.59 Å². The molecule has 1 N–H and O–H groups in total. The van der Waals surface area contributed by atoms with Crippen LogP contribution in [0.5, 0.6) is 0 Å². The summed E-state index contributed by atoms with van der Waals surface area (Å²) in [5.74, 6) is -0.656. The van der Waals surface area contributed by atoms with Gasteiger partial charge in [0.05, 0.1) is 5.69 Å². The van der Waals surface area contributed by atoms with Crippen LogP contribution in [-0.4, -0.2) is 29.8 Å². The highest BCUT2D eigenvalue weighted by atomic mass is 79.9.